The Morgan fingerprint density at radius 1 is 1.14 bits per heavy atom. The van der Waals surface area contributed by atoms with Crippen molar-refractivity contribution in [2.75, 3.05) is 27.3 Å². The van der Waals surface area contributed by atoms with Gasteiger partial charge in [-0.05, 0) is 13.0 Å². The van der Waals surface area contributed by atoms with Gasteiger partial charge in [-0.15, -0.1) is 0 Å². The first-order chi connectivity index (χ1) is 17.3. The lowest BCUT2D eigenvalue weighted by Crippen LogP contribution is -2.49. The van der Waals surface area contributed by atoms with Crippen molar-refractivity contribution >= 4 is 11.7 Å². The average Bonchev–Trinajstić information content (AvgIpc) is 3.32. The highest BCUT2D eigenvalue weighted by Gasteiger charge is 2.48. The lowest BCUT2D eigenvalue weighted by Gasteiger charge is -2.32. The van der Waals surface area contributed by atoms with Crippen LogP contribution in [-0.4, -0.2) is 69.9 Å². The first-order valence-corrected chi connectivity index (χ1v) is 10.9. The van der Waals surface area contributed by atoms with Crippen LogP contribution < -0.4 is 14.8 Å². The van der Waals surface area contributed by atoms with Crippen LogP contribution in [0.15, 0.2) is 30.9 Å². The van der Waals surface area contributed by atoms with E-state index in [1.165, 1.54) is 33.5 Å². The van der Waals surface area contributed by atoms with Crippen LogP contribution in [0.25, 0.3) is 16.9 Å². The van der Waals surface area contributed by atoms with Crippen molar-refractivity contribution in [3.05, 3.63) is 36.5 Å². The molecule has 15 heteroatoms. The van der Waals surface area contributed by atoms with Gasteiger partial charge in [-0.1, -0.05) is 6.92 Å². The number of nitrogens with one attached hydrogen (secondary N) is 1. The topological polar surface area (TPSA) is 93.9 Å². The fourth-order valence-electron chi connectivity index (χ4n) is 3.55. The predicted octanol–water partition coefficient (Wildman–Crippen LogP) is 4.64. The molecule has 0 aliphatic carbocycles. The minimum Gasteiger partial charge on any atom is -0.494 e. The fourth-order valence-corrected chi connectivity index (χ4v) is 3.55. The van der Waals surface area contributed by atoms with E-state index in [2.05, 4.69) is 15.0 Å². The average molecular weight is 534 g/mol. The molecule has 202 valence electrons. The molecule has 0 aliphatic heterocycles. The smallest absolute Gasteiger partial charge is 0.414 e. The number of halogens is 6. The maximum atomic E-state index is 14.3. The molecule has 0 fully saturated rings. The lowest BCUT2D eigenvalue weighted by molar-refractivity contribution is -0.180. The van der Waals surface area contributed by atoms with Crippen LogP contribution in [0.5, 0.6) is 11.6 Å². The van der Waals surface area contributed by atoms with E-state index in [4.69, 9.17) is 9.47 Å². The fraction of sp³-hybridized carbons (Fsp3) is 0.455. The number of carbonyl (C=O) groups excluding carboxylic acids is 1. The summed E-state index contributed by atoms with van der Waals surface area (Å²) < 4.78 is 93.3. The van der Waals surface area contributed by atoms with E-state index < -0.39 is 49.1 Å². The first kappa shape index (κ1) is 27.8. The molecule has 0 radical (unpaired) electrons. The minimum absolute atomic E-state index is 0.0881. The van der Waals surface area contributed by atoms with Gasteiger partial charge < -0.3 is 24.1 Å². The Morgan fingerprint density at radius 3 is 2.41 bits per heavy atom. The number of rotatable bonds is 8. The standard InChI is InChI=1S/C22H24F6N6O3/c1-5-34(20(35)31-9-12(2)21(23,24)25)17(22(26,27)28)14-8-13(16(36-3)10-30-14)15-11-33-7-6-29-18(33)19(32-15)37-4/h6-8,10-12,17H,5,9H2,1-4H3,(H,31,35)/t12?,17-/m0/s1. The van der Waals surface area contributed by atoms with E-state index in [0.717, 1.165) is 19.2 Å². The maximum Gasteiger partial charge on any atom is 0.414 e. The SMILES string of the molecule is CCN(C(=O)NCC(C)C(F)(F)F)[C@@H](c1cc(-c2cn3ccnc3c(OC)n2)c(OC)cn1)C(F)(F)F. The van der Waals surface area contributed by atoms with Gasteiger partial charge in [0, 0.05) is 37.2 Å². The summed E-state index contributed by atoms with van der Waals surface area (Å²) in [5, 5.41) is 1.94. The van der Waals surface area contributed by atoms with Gasteiger partial charge in [-0.3, -0.25) is 4.98 Å². The predicted molar refractivity (Wildman–Crippen MR) is 119 cm³/mol. The molecule has 0 bridgehead atoms. The Labute approximate surface area is 207 Å². The molecule has 9 nitrogen and oxygen atoms in total. The van der Waals surface area contributed by atoms with Crippen molar-refractivity contribution in [2.24, 2.45) is 5.92 Å². The zero-order valence-electron chi connectivity index (χ0n) is 20.2. The molecule has 3 heterocycles. The number of aromatic nitrogens is 4. The summed E-state index contributed by atoms with van der Waals surface area (Å²) in [5.74, 6) is -1.77. The molecule has 3 aromatic rings. The Hall–Kier alpha value is -3.78. The van der Waals surface area contributed by atoms with E-state index in [9.17, 15) is 31.1 Å². The van der Waals surface area contributed by atoms with Crippen molar-refractivity contribution in [3.63, 3.8) is 0 Å². The quantitative estimate of drug-likeness (QED) is 0.424. The molecule has 2 amide bonds. The van der Waals surface area contributed by atoms with Crippen LogP contribution in [0.1, 0.15) is 25.6 Å². The first-order valence-electron chi connectivity index (χ1n) is 10.9. The molecule has 0 aliphatic rings. The van der Waals surface area contributed by atoms with Crippen LogP contribution >= 0.6 is 0 Å². The number of pyridine rings is 1. The van der Waals surface area contributed by atoms with Gasteiger partial charge in [0.05, 0.1) is 37.7 Å². The summed E-state index contributed by atoms with van der Waals surface area (Å²) >= 11 is 0. The van der Waals surface area contributed by atoms with Gasteiger partial charge in [0.1, 0.15) is 5.75 Å². The third-order valence-corrected chi connectivity index (χ3v) is 5.54. The summed E-state index contributed by atoms with van der Waals surface area (Å²) in [5.41, 5.74) is 0.0540. The Bertz CT molecular complexity index is 1250. The van der Waals surface area contributed by atoms with E-state index >= 15 is 0 Å². The van der Waals surface area contributed by atoms with Crippen molar-refractivity contribution in [2.45, 2.75) is 32.2 Å². The second-order valence-electron chi connectivity index (χ2n) is 7.96. The van der Waals surface area contributed by atoms with Gasteiger partial charge in [-0.2, -0.15) is 26.3 Å². The molecule has 2 atom stereocenters. The van der Waals surface area contributed by atoms with Crippen LogP contribution in [0.4, 0.5) is 31.1 Å². The van der Waals surface area contributed by atoms with E-state index in [0.29, 0.717) is 10.5 Å². The van der Waals surface area contributed by atoms with Gasteiger partial charge >= 0.3 is 18.4 Å². The van der Waals surface area contributed by atoms with Crippen LogP contribution in [0.2, 0.25) is 0 Å². The second kappa shape index (κ2) is 10.7. The summed E-state index contributed by atoms with van der Waals surface area (Å²) in [7, 11) is 2.65. The molecule has 1 N–H and O–H groups in total. The number of nitrogens with zero attached hydrogens (tertiary/aromatic N) is 5. The molecular weight excluding hydrogens is 510 g/mol. The van der Waals surface area contributed by atoms with Gasteiger partial charge in [-0.25, -0.2) is 14.8 Å². The molecule has 1 unspecified atom stereocenters. The monoisotopic (exact) mass is 534 g/mol. The number of urea groups is 1. The number of carbonyl (C=O) groups is 1. The Morgan fingerprint density at radius 2 is 1.84 bits per heavy atom. The highest BCUT2D eigenvalue weighted by Crippen LogP contribution is 2.40. The molecule has 0 saturated heterocycles. The highest BCUT2D eigenvalue weighted by atomic mass is 19.4. The molecule has 3 rings (SSSR count). The normalized spacial score (nSPS) is 13.8. The van der Waals surface area contributed by atoms with Crippen molar-refractivity contribution in [1.29, 1.82) is 0 Å². The lowest BCUT2D eigenvalue weighted by atomic mass is 10.1. The molecule has 3 aromatic heterocycles. The second-order valence-corrected chi connectivity index (χ2v) is 7.96. The van der Waals surface area contributed by atoms with Crippen LogP contribution in [0, 0.1) is 5.92 Å². The van der Waals surface area contributed by atoms with Crippen molar-refractivity contribution in [3.8, 4) is 22.9 Å². The summed E-state index contributed by atoms with van der Waals surface area (Å²) in [6, 6.07) is -2.82. The Kier molecular flexibility index (Phi) is 8.03. The maximum absolute atomic E-state index is 14.3. The third kappa shape index (κ3) is 5.97. The molecule has 0 saturated carbocycles. The molecule has 0 spiro atoms. The van der Waals surface area contributed by atoms with Gasteiger partial charge in [0.25, 0.3) is 5.88 Å². The van der Waals surface area contributed by atoms with Crippen molar-refractivity contribution < 1.29 is 40.6 Å². The third-order valence-electron chi connectivity index (χ3n) is 5.54. The van der Waals surface area contributed by atoms with Crippen LogP contribution in [-0.2, 0) is 0 Å². The van der Waals surface area contributed by atoms with E-state index in [1.54, 1.807) is 10.6 Å². The number of methoxy groups -OCH3 is 2. The number of fused-ring (bicyclic) bond motifs is 1. The number of imidazole rings is 1. The largest absolute Gasteiger partial charge is 0.494 e. The summed E-state index contributed by atoms with van der Waals surface area (Å²) in [6.45, 7) is 0.731. The van der Waals surface area contributed by atoms with Crippen molar-refractivity contribution in [1.82, 2.24) is 29.6 Å². The number of hydrogen-bond donors (Lipinski definition) is 1. The number of hydrogen-bond acceptors (Lipinski definition) is 6. The zero-order valence-corrected chi connectivity index (χ0v) is 20.2. The minimum atomic E-state index is -5.01. The van der Waals surface area contributed by atoms with E-state index in [-0.39, 0.29) is 22.9 Å². The summed E-state index contributed by atoms with van der Waals surface area (Å²) in [4.78, 5) is 25.2. The summed E-state index contributed by atoms with van der Waals surface area (Å²) in [6.07, 6.45) is -4.02. The molecular formula is C22H24F6N6O3. The zero-order chi connectivity index (χ0) is 27.5. The Balaban J connectivity index is 2.06. The van der Waals surface area contributed by atoms with Gasteiger partial charge in [0.2, 0.25) is 0 Å². The van der Waals surface area contributed by atoms with Crippen LogP contribution in [0.3, 0.4) is 0 Å². The van der Waals surface area contributed by atoms with E-state index in [1.807, 2.05) is 5.32 Å². The molecule has 0 aromatic carbocycles. The number of ether oxygens (including phenoxy) is 2. The number of amides is 2. The number of alkyl halides is 6. The van der Waals surface area contributed by atoms with Gasteiger partial charge in [0.15, 0.2) is 11.7 Å². The highest BCUT2D eigenvalue weighted by molar-refractivity contribution is 5.75. The molecule has 37 heavy (non-hydrogen) atoms.